The zero-order chi connectivity index (χ0) is 15.1. The number of nitrogens with one attached hydrogen (secondary N) is 1. The van der Waals surface area contributed by atoms with Crippen LogP contribution in [0.4, 0.5) is 0 Å². The van der Waals surface area contributed by atoms with E-state index in [1.165, 1.54) is 5.56 Å². The second-order valence-corrected chi connectivity index (χ2v) is 6.33. The van der Waals surface area contributed by atoms with Crippen molar-refractivity contribution < 1.29 is 9.32 Å². The Morgan fingerprint density at radius 3 is 2.33 bits per heavy atom. The fraction of sp³-hybridized carbons (Fsp3) is 0.294. The Morgan fingerprint density at radius 1 is 1.10 bits per heavy atom. The molecular weight excluding hydrogens is 282 g/mol. The van der Waals surface area contributed by atoms with Gasteiger partial charge in [-0.05, 0) is 29.7 Å². The highest BCUT2D eigenvalue weighted by Crippen LogP contribution is 2.17. The zero-order valence-electron chi connectivity index (χ0n) is 12.2. The van der Waals surface area contributed by atoms with Crippen LogP contribution in [-0.4, -0.2) is 22.2 Å². The van der Waals surface area contributed by atoms with Crippen molar-refractivity contribution in [3.63, 3.8) is 0 Å². The minimum absolute atomic E-state index is 0.135. The lowest BCUT2D eigenvalue weighted by atomic mass is 10.0. The van der Waals surface area contributed by atoms with Crippen molar-refractivity contribution in [1.82, 2.24) is 5.32 Å². The van der Waals surface area contributed by atoms with Crippen LogP contribution in [0.2, 0.25) is 0 Å². The molecule has 0 radical (unpaired) electrons. The molecular formula is C17H21NO2S. The lowest BCUT2D eigenvalue weighted by Gasteiger charge is -2.18. The largest absolute Gasteiger partial charge is 0.396 e. The second-order valence-electron chi connectivity index (χ2n) is 4.95. The van der Waals surface area contributed by atoms with E-state index in [2.05, 4.69) is 17.4 Å². The average molecular weight is 303 g/mol. The standard InChI is InChI=1S/C17H21NO2S/c1-21(20)16-9-7-14(8-10-16)13-18-17(11-12-19)15-5-3-2-4-6-15/h2-10,17-19H,11-13H2,1H3/t17-,21?/m1/s1. The molecule has 0 aliphatic heterocycles. The molecule has 2 aromatic carbocycles. The molecule has 2 atom stereocenters. The summed E-state index contributed by atoms with van der Waals surface area (Å²) < 4.78 is 11.4. The Balaban J connectivity index is 2.00. The summed E-state index contributed by atoms with van der Waals surface area (Å²) in [6.45, 7) is 0.872. The van der Waals surface area contributed by atoms with E-state index in [1.807, 2.05) is 42.5 Å². The van der Waals surface area contributed by atoms with Crippen LogP contribution in [0, 0.1) is 0 Å². The summed E-state index contributed by atoms with van der Waals surface area (Å²) in [6, 6.07) is 18.1. The number of aliphatic hydroxyl groups is 1. The number of hydrogen-bond donors (Lipinski definition) is 2. The van der Waals surface area contributed by atoms with Gasteiger partial charge in [0.1, 0.15) is 0 Å². The average Bonchev–Trinajstić information content (AvgIpc) is 2.52. The summed E-state index contributed by atoms with van der Waals surface area (Å²) in [6.07, 6.45) is 2.36. The Morgan fingerprint density at radius 2 is 1.76 bits per heavy atom. The Hall–Kier alpha value is -1.49. The molecule has 3 nitrogen and oxygen atoms in total. The van der Waals surface area contributed by atoms with E-state index in [4.69, 9.17) is 0 Å². The van der Waals surface area contributed by atoms with Gasteiger partial charge in [0.25, 0.3) is 0 Å². The lowest BCUT2D eigenvalue weighted by molar-refractivity contribution is 0.265. The maximum Gasteiger partial charge on any atom is 0.0498 e. The van der Waals surface area contributed by atoms with Crippen LogP contribution < -0.4 is 5.32 Å². The van der Waals surface area contributed by atoms with Crippen molar-refractivity contribution in [3.8, 4) is 0 Å². The number of aliphatic hydroxyl groups excluding tert-OH is 1. The predicted molar refractivity (Wildman–Crippen MR) is 86.5 cm³/mol. The van der Waals surface area contributed by atoms with Gasteiger partial charge in [0, 0.05) is 41.1 Å². The molecule has 0 aromatic heterocycles. The lowest BCUT2D eigenvalue weighted by Crippen LogP contribution is -2.22. The second kappa shape index (κ2) is 8.08. The molecule has 112 valence electrons. The van der Waals surface area contributed by atoms with Gasteiger partial charge in [0.05, 0.1) is 0 Å². The van der Waals surface area contributed by atoms with Crippen LogP contribution >= 0.6 is 0 Å². The topological polar surface area (TPSA) is 49.3 Å². The van der Waals surface area contributed by atoms with E-state index in [0.29, 0.717) is 6.42 Å². The van der Waals surface area contributed by atoms with Crippen molar-refractivity contribution in [3.05, 3.63) is 65.7 Å². The van der Waals surface area contributed by atoms with Crippen LogP contribution in [-0.2, 0) is 17.3 Å². The van der Waals surface area contributed by atoms with E-state index < -0.39 is 10.8 Å². The molecule has 0 saturated heterocycles. The third-order valence-electron chi connectivity index (χ3n) is 3.43. The molecule has 1 unspecified atom stereocenters. The summed E-state index contributed by atoms with van der Waals surface area (Å²) in [4.78, 5) is 0.841. The monoisotopic (exact) mass is 303 g/mol. The van der Waals surface area contributed by atoms with E-state index in [-0.39, 0.29) is 12.6 Å². The summed E-state index contributed by atoms with van der Waals surface area (Å²) in [5, 5.41) is 12.7. The molecule has 0 fully saturated rings. The number of benzene rings is 2. The van der Waals surface area contributed by atoms with E-state index >= 15 is 0 Å². The maximum atomic E-state index is 11.4. The quantitative estimate of drug-likeness (QED) is 0.827. The molecule has 0 bridgehead atoms. The molecule has 4 heteroatoms. The predicted octanol–water partition coefficient (Wildman–Crippen LogP) is 2.64. The number of hydrogen-bond acceptors (Lipinski definition) is 3. The molecule has 21 heavy (non-hydrogen) atoms. The van der Waals surface area contributed by atoms with Crippen LogP contribution in [0.1, 0.15) is 23.6 Å². The van der Waals surface area contributed by atoms with Crippen LogP contribution in [0.5, 0.6) is 0 Å². The molecule has 0 saturated carbocycles. The van der Waals surface area contributed by atoms with Crippen molar-refractivity contribution in [1.29, 1.82) is 0 Å². The molecule has 0 aliphatic carbocycles. The fourth-order valence-corrected chi connectivity index (χ4v) is 2.76. The first-order chi connectivity index (χ1) is 10.2. The number of rotatable bonds is 7. The first-order valence-electron chi connectivity index (χ1n) is 7.02. The van der Waals surface area contributed by atoms with Crippen molar-refractivity contribution >= 4 is 10.8 Å². The first kappa shape index (κ1) is 15.9. The third kappa shape index (κ3) is 4.77. The Bertz CT molecular complexity index is 569. The SMILES string of the molecule is CS(=O)c1ccc(CN[C@H](CCO)c2ccccc2)cc1. The highest BCUT2D eigenvalue weighted by Gasteiger charge is 2.09. The van der Waals surface area contributed by atoms with E-state index in [9.17, 15) is 9.32 Å². The van der Waals surface area contributed by atoms with Gasteiger partial charge in [-0.3, -0.25) is 4.21 Å². The highest BCUT2D eigenvalue weighted by atomic mass is 32.2. The summed E-state index contributed by atoms with van der Waals surface area (Å²) >= 11 is 0. The van der Waals surface area contributed by atoms with Crippen LogP contribution in [0.3, 0.4) is 0 Å². The first-order valence-corrected chi connectivity index (χ1v) is 8.58. The zero-order valence-corrected chi connectivity index (χ0v) is 13.0. The minimum atomic E-state index is -0.936. The van der Waals surface area contributed by atoms with Gasteiger partial charge in [0.2, 0.25) is 0 Å². The van der Waals surface area contributed by atoms with E-state index in [1.54, 1.807) is 6.26 Å². The normalized spacial score (nSPS) is 13.8. The molecule has 2 rings (SSSR count). The fourth-order valence-electron chi connectivity index (χ4n) is 2.24. The van der Waals surface area contributed by atoms with Gasteiger partial charge in [0.15, 0.2) is 0 Å². The van der Waals surface area contributed by atoms with E-state index in [0.717, 1.165) is 17.0 Å². The van der Waals surface area contributed by atoms with Crippen LogP contribution in [0.25, 0.3) is 0 Å². The molecule has 2 N–H and O–H groups in total. The summed E-state index contributed by atoms with van der Waals surface area (Å²) in [7, 11) is -0.936. The molecule has 0 spiro atoms. The minimum Gasteiger partial charge on any atom is -0.396 e. The third-order valence-corrected chi connectivity index (χ3v) is 4.36. The van der Waals surface area contributed by atoms with Gasteiger partial charge in [-0.2, -0.15) is 0 Å². The van der Waals surface area contributed by atoms with Crippen molar-refractivity contribution in [2.24, 2.45) is 0 Å². The summed E-state index contributed by atoms with van der Waals surface area (Å²) in [5.74, 6) is 0. The van der Waals surface area contributed by atoms with Crippen molar-refractivity contribution in [2.75, 3.05) is 12.9 Å². The van der Waals surface area contributed by atoms with Crippen molar-refractivity contribution in [2.45, 2.75) is 23.9 Å². The van der Waals surface area contributed by atoms with Gasteiger partial charge in [-0.25, -0.2) is 0 Å². The van der Waals surface area contributed by atoms with Gasteiger partial charge in [-0.1, -0.05) is 42.5 Å². The van der Waals surface area contributed by atoms with Crippen LogP contribution in [0.15, 0.2) is 59.5 Å². The van der Waals surface area contributed by atoms with Gasteiger partial charge < -0.3 is 10.4 Å². The molecule has 0 heterocycles. The molecule has 0 aliphatic rings. The maximum absolute atomic E-state index is 11.4. The molecule has 0 amide bonds. The Labute approximate surface area is 128 Å². The molecule has 2 aromatic rings. The van der Waals surface area contributed by atoms with Gasteiger partial charge in [-0.15, -0.1) is 0 Å². The summed E-state index contributed by atoms with van der Waals surface area (Å²) in [5.41, 5.74) is 2.32. The van der Waals surface area contributed by atoms with Gasteiger partial charge >= 0.3 is 0 Å². The smallest absolute Gasteiger partial charge is 0.0498 e. The highest BCUT2D eigenvalue weighted by molar-refractivity contribution is 7.84. The Kier molecular flexibility index (Phi) is 6.11.